The fourth-order valence-corrected chi connectivity index (χ4v) is 2.99. The third-order valence-corrected chi connectivity index (χ3v) is 4.34. The number of nitrogens with one attached hydrogen (secondary N) is 2. The highest BCUT2D eigenvalue weighted by molar-refractivity contribution is 5.94. The number of halogens is 1. The van der Waals surface area contributed by atoms with Gasteiger partial charge in [-0.05, 0) is 50.9 Å². The zero-order chi connectivity index (χ0) is 16.1. The number of para-hydroxylation sites is 1. The maximum absolute atomic E-state index is 12.3. The summed E-state index contributed by atoms with van der Waals surface area (Å²) in [5.74, 6) is 1.47. The summed E-state index contributed by atoms with van der Waals surface area (Å²) < 4.78 is 1.97. The van der Waals surface area contributed by atoms with Gasteiger partial charge in [0, 0.05) is 18.5 Å². The molecule has 2 aromatic rings. The van der Waals surface area contributed by atoms with Gasteiger partial charge in [0.05, 0.1) is 5.69 Å². The van der Waals surface area contributed by atoms with Crippen molar-refractivity contribution in [3.63, 3.8) is 0 Å². The third-order valence-electron chi connectivity index (χ3n) is 4.34. The first kappa shape index (κ1) is 18.4. The van der Waals surface area contributed by atoms with Crippen molar-refractivity contribution in [1.29, 1.82) is 0 Å². The van der Waals surface area contributed by atoms with Crippen molar-refractivity contribution < 1.29 is 4.79 Å². The molecule has 0 radical (unpaired) electrons. The number of carbonyl (C=O) groups excluding carboxylic acids is 1. The van der Waals surface area contributed by atoms with Crippen LogP contribution in [0.15, 0.2) is 30.6 Å². The van der Waals surface area contributed by atoms with Crippen molar-refractivity contribution in [2.45, 2.75) is 32.7 Å². The minimum Gasteiger partial charge on any atom is -0.325 e. The monoisotopic (exact) mass is 349 g/mol. The van der Waals surface area contributed by atoms with Gasteiger partial charge in [-0.25, -0.2) is 0 Å². The summed E-state index contributed by atoms with van der Waals surface area (Å²) >= 11 is 0. The largest absolute Gasteiger partial charge is 0.325 e. The normalized spacial score (nSPS) is 16.6. The molecule has 7 heteroatoms. The summed E-state index contributed by atoms with van der Waals surface area (Å²) in [4.78, 5) is 12.3. The molecule has 1 fully saturated rings. The number of aromatic nitrogens is 3. The predicted octanol–water partition coefficient (Wildman–Crippen LogP) is 2.72. The second-order valence-electron chi connectivity index (χ2n) is 5.93. The molecule has 2 N–H and O–H groups in total. The van der Waals surface area contributed by atoms with Crippen LogP contribution in [-0.4, -0.2) is 33.8 Å². The van der Waals surface area contributed by atoms with Crippen LogP contribution >= 0.6 is 12.4 Å². The SMILES string of the molecule is CCn1cnnc1-c1ccccc1NC(=O)CCC1CCNC1.Cl. The van der Waals surface area contributed by atoms with Gasteiger partial charge in [0.2, 0.25) is 5.91 Å². The topological polar surface area (TPSA) is 71.8 Å². The zero-order valence-electron chi connectivity index (χ0n) is 13.9. The number of aryl methyl sites for hydroxylation is 1. The Morgan fingerprint density at radius 2 is 2.25 bits per heavy atom. The van der Waals surface area contributed by atoms with Crippen molar-refractivity contribution in [2.75, 3.05) is 18.4 Å². The average molecular weight is 350 g/mol. The highest BCUT2D eigenvalue weighted by Gasteiger charge is 2.17. The summed E-state index contributed by atoms with van der Waals surface area (Å²) in [6.45, 7) is 4.94. The number of benzene rings is 1. The Morgan fingerprint density at radius 3 is 3.00 bits per heavy atom. The maximum Gasteiger partial charge on any atom is 0.224 e. The van der Waals surface area contributed by atoms with Crippen LogP contribution in [0.2, 0.25) is 0 Å². The molecule has 0 spiro atoms. The molecular formula is C17H24ClN5O. The summed E-state index contributed by atoms with van der Waals surface area (Å²) in [5.41, 5.74) is 1.70. The van der Waals surface area contributed by atoms with E-state index in [1.54, 1.807) is 6.33 Å². The zero-order valence-corrected chi connectivity index (χ0v) is 14.7. The Hall–Kier alpha value is -1.92. The Bertz CT molecular complexity index is 667. The van der Waals surface area contributed by atoms with Crippen molar-refractivity contribution >= 4 is 24.0 Å². The molecule has 1 aliphatic heterocycles. The molecule has 0 aliphatic carbocycles. The highest BCUT2D eigenvalue weighted by Crippen LogP contribution is 2.26. The Kier molecular flexibility index (Phi) is 6.75. The first-order valence-corrected chi connectivity index (χ1v) is 8.25. The summed E-state index contributed by atoms with van der Waals surface area (Å²) in [6, 6.07) is 7.75. The molecule has 1 unspecified atom stereocenters. The maximum atomic E-state index is 12.3. The quantitative estimate of drug-likeness (QED) is 0.841. The van der Waals surface area contributed by atoms with Crippen LogP contribution < -0.4 is 10.6 Å². The standard InChI is InChI=1S/C17H23N5O.ClH/c1-2-22-12-19-21-17(22)14-5-3-4-6-15(14)20-16(23)8-7-13-9-10-18-11-13;/h3-6,12-13,18H,2,7-11H2,1H3,(H,20,23);1H. The van der Waals surface area contributed by atoms with Crippen LogP contribution in [0.4, 0.5) is 5.69 Å². The van der Waals surface area contributed by atoms with Gasteiger partial charge in [-0.1, -0.05) is 12.1 Å². The fourth-order valence-electron chi connectivity index (χ4n) is 2.99. The second kappa shape index (κ2) is 8.80. The van der Waals surface area contributed by atoms with Gasteiger partial charge in [-0.2, -0.15) is 0 Å². The van der Waals surface area contributed by atoms with Gasteiger partial charge in [0.1, 0.15) is 6.33 Å². The van der Waals surface area contributed by atoms with Crippen molar-refractivity contribution in [3.8, 4) is 11.4 Å². The van der Waals surface area contributed by atoms with Crippen LogP contribution in [0.25, 0.3) is 11.4 Å². The van der Waals surface area contributed by atoms with Crippen LogP contribution in [-0.2, 0) is 11.3 Å². The van der Waals surface area contributed by atoms with E-state index in [2.05, 4.69) is 20.8 Å². The number of rotatable bonds is 6. The first-order valence-electron chi connectivity index (χ1n) is 8.25. The predicted molar refractivity (Wildman–Crippen MR) is 97.2 cm³/mol. The summed E-state index contributed by atoms with van der Waals surface area (Å²) in [7, 11) is 0. The molecule has 2 heterocycles. The number of nitrogens with zero attached hydrogens (tertiary/aromatic N) is 3. The van der Waals surface area contributed by atoms with Gasteiger partial charge in [-0.15, -0.1) is 22.6 Å². The minimum absolute atomic E-state index is 0. The highest BCUT2D eigenvalue weighted by atomic mass is 35.5. The molecule has 1 aromatic carbocycles. The number of hydrogen-bond donors (Lipinski definition) is 2. The van der Waals surface area contributed by atoms with Gasteiger partial charge in [0.15, 0.2) is 5.82 Å². The molecule has 1 saturated heterocycles. The number of carbonyl (C=O) groups is 1. The van der Waals surface area contributed by atoms with Crippen molar-refractivity contribution in [1.82, 2.24) is 20.1 Å². The Morgan fingerprint density at radius 1 is 1.42 bits per heavy atom. The van der Waals surface area contributed by atoms with Crippen LogP contribution in [0, 0.1) is 5.92 Å². The molecule has 1 amide bonds. The van der Waals surface area contributed by atoms with E-state index in [1.807, 2.05) is 35.8 Å². The molecule has 1 aliphatic rings. The molecule has 130 valence electrons. The molecule has 0 bridgehead atoms. The second-order valence-corrected chi connectivity index (χ2v) is 5.93. The summed E-state index contributed by atoms with van der Waals surface area (Å²) in [5, 5.41) is 14.5. The van der Waals surface area contributed by atoms with Crippen molar-refractivity contribution in [2.24, 2.45) is 5.92 Å². The molecular weight excluding hydrogens is 326 g/mol. The van der Waals surface area contributed by atoms with Gasteiger partial charge in [0.25, 0.3) is 0 Å². The van der Waals surface area contributed by atoms with E-state index in [4.69, 9.17) is 0 Å². The number of amides is 1. The van der Waals surface area contributed by atoms with Crippen LogP contribution in [0.1, 0.15) is 26.2 Å². The lowest BCUT2D eigenvalue weighted by molar-refractivity contribution is -0.116. The Balaban J connectivity index is 0.00000208. The van der Waals surface area contributed by atoms with Crippen molar-refractivity contribution in [3.05, 3.63) is 30.6 Å². The Labute approximate surface area is 148 Å². The lowest BCUT2D eigenvalue weighted by atomic mass is 10.0. The van der Waals surface area contributed by atoms with Crippen LogP contribution in [0.3, 0.4) is 0 Å². The lowest BCUT2D eigenvalue weighted by Crippen LogP contribution is -2.15. The van der Waals surface area contributed by atoms with E-state index in [0.717, 1.165) is 43.1 Å². The number of hydrogen-bond acceptors (Lipinski definition) is 4. The lowest BCUT2D eigenvalue weighted by Gasteiger charge is -2.12. The molecule has 6 nitrogen and oxygen atoms in total. The van der Waals surface area contributed by atoms with Gasteiger partial charge in [-0.3, -0.25) is 4.79 Å². The fraction of sp³-hybridized carbons (Fsp3) is 0.471. The molecule has 3 rings (SSSR count). The average Bonchev–Trinajstić information content (AvgIpc) is 3.24. The summed E-state index contributed by atoms with van der Waals surface area (Å²) in [6.07, 6.45) is 4.37. The van der Waals surface area contributed by atoms with Gasteiger partial charge >= 0.3 is 0 Å². The van der Waals surface area contributed by atoms with E-state index in [0.29, 0.717) is 12.3 Å². The van der Waals surface area contributed by atoms with E-state index < -0.39 is 0 Å². The van der Waals surface area contributed by atoms with E-state index in [-0.39, 0.29) is 18.3 Å². The van der Waals surface area contributed by atoms with E-state index >= 15 is 0 Å². The van der Waals surface area contributed by atoms with E-state index in [9.17, 15) is 4.79 Å². The molecule has 1 aromatic heterocycles. The smallest absolute Gasteiger partial charge is 0.224 e. The number of anilines is 1. The molecule has 1 atom stereocenters. The minimum atomic E-state index is 0. The first-order chi connectivity index (χ1) is 11.3. The molecule has 0 saturated carbocycles. The van der Waals surface area contributed by atoms with Crippen LogP contribution in [0.5, 0.6) is 0 Å². The van der Waals surface area contributed by atoms with E-state index in [1.165, 1.54) is 6.42 Å². The van der Waals surface area contributed by atoms with Gasteiger partial charge < -0.3 is 15.2 Å². The third kappa shape index (κ3) is 4.33. The molecule has 24 heavy (non-hydrogen) atoms.